The Morgan fingerprint density at radius 1 is 1.17 bits per heavy atom. The zero-order chi connectivity index (χ0) is 16.9. The van der Waals surface area contributed by atoms with E-state index >= 15 is 0 Å². The van der Waals surface area contributed by atoms with E-state index in [1.807, 2.05) is 60.8 Å². The van der Waals surface area contributed by atoms with Crippen LogP contribution in [0, 0.1) is 6.92 Å². The van der Waals surface area contributed by atoms with Crippen molar-refractivity contribution < 1.29 is 9.90 Å². The lowest BCUT2D eigenvalue weighted by Crippen LogP contribution is -2.24. The van der Waals surface area contributed by atoms with E-state index in [1.54, 1.807) is 11.3 Å². The summed E-state index contributed by atoms with van der Waals surface area (Å²) in [5.74, 6) is 0.00866. The molecule has 1 atom stereocenters. The molecule has 0 aliphatic heterocycles. The Hall–Kier alpha value is -1.95. The molecule has 2 heterocycles. The van der Waals surface area contributed by atoms with E-state index in [0.717, 1.165) is 25.8 Å². The van der Waals surface area contributed by atoms with Crippen molar-refractivity contribution in [3.63, 3.8) is 0 Å². The van der Waals surface area contributed by atoms with Gasteiger partial charge >= 0.3 is 0 Å². The highest BCUT2D eigenvalue weighted by molar-refractivity contribution is 7.12. The molecule has 1 amide bonds. The zero-order valence-corrected chi connectivity index (χ0v) is 15.0. The molecule has 3 aromatic rings. The van der Waals surface area contributed by atoms with Gasteiger partial charge in [0.15, 0.2) is 0 Å². The fourth-order valence-electron chi connectivity index (χ4n) is 2.48. The Balaban J connectivity index is 1.54. The van der Waals surface area contributed by atoms with E-state index in [0.29, 0.717) is 13.0 Å². The summed E-state index contributed by atoms with van der Waals surface area (Å²) < 4.78 is 0. The summed E-state index contributed by atoms with van der Waals surface area (Å²) in [5, 5.41) is 15.2. The summed E-state index contributed by atoms with van der Waals surface area (Å²) in [6, 6.07) is 15.7. The van der Waals surface area contributed by atoms with Crippen molar-refractivity contribution in [1.29, 1.82) is 0 Å². The number of hydrogen-bond donors (Lipinski definition) is 2. The van der Waals surface area contributed by atoms with Crippen molar-refractivity contribution >= 4 is 28.6 Å². The predicted molar refractivity (Wildman–Crippen MR) is 99.4 cm³/mol. The second-order valence-electron chi connectivity index (χ2n) is 5.66. The maximum absolute atomic E-state index is 12.1. The molecule has 0 saturated heterocycles. The molecule has 5 heteroatoms. The average molecular weight is 358 g/mol. The first-order chi connectivity index (χ1) is 11.6. The van der Waals surface area contributed by atoms with Crippen LogP contribution < -0.4 is 5.32 Å². The highest BCUT2D eigenvalue weighted by atomic mass is 32.1. The van der Waals surface area contributed by atoms with Crippen LogP contribution in [-0.2, 0) is 17.8 Å². The Morgan fingerprint density at radius 3 is 2.79 bits per heavy atom. The van der Waals surface area contributed by atoms with E-state index in [1.165, 1.54) is 11.3 Å². The lowest BCUT2D eigenvalue weighted by molar-refractivity contribution is -0.120. The van der Waals surface area contributed by atoms with Crippen LogP contribution in [0.2, 0.25) is 0 Å². The van der Waals surface area contributed by atoms with Crippen LogP contribution in [0.1, 0.15) is 31.9 Å². The van der Waals surface area contributed by atoms with Crippen LogP contribution >= 0.6 is 22.7 Å². The van der Waals surface area contributed by atoms with Gasteiger partial charge in [-0.15, -0.1) is 22.7 Å². The smallest absolute Gasteiger partial charge is 0.224 e. The first-order valence-corrected chi connectivity index (χ1v) is 9.44. The van der Waals surface area contributed by atoms with E-state index in [4.69, 9.17) is 0 Å². The molecule has 0 saturated carbocycles. The minimum absolute atomic E-state index is 0.00866. The van der Waals surface area contributed by atoms with Gasteiger partial charge in [0.05, 0.1) is 13.0 Å². The number of nitrogens with one attached hydrogen (secondary N) is 1. The lowest BCUT2D eigenvalue weighted by atomic mass is 10.1. The molecule has 124 valence electrons. The predicted octanol–water partition coefficient (Wildman–Crippen LogP) is 4.06. The molecule has 0 aliphatic carbocycles. The standard InChI is InChI=1S/C19H19NO2S2/c1-13-4-2-5-14(10-13)11-18(21)20-12-15-7-8-17(24-15)19(22)16-6-3-9-23-16/h2-10,19,22H,11-12H2,1H3,(H,20,21). The molecule has 3 nitrogen and oxygen atoms in total. The third-order valence-electron chi connectivity index (χ3n) is 3.67. The van der Waals surface area contributed by atoms with Gasteiger partial charge in [0.25, 0.3) is 0 Å². The molecule has 0 bridgehead atoms. The normalized spacial score (nSPS) is 12.1. The highest BCUT2D eigenvalue weighted by Crippen LogP contribution is 2.30. The molecule has 1 unspecified atom stereocenters. The number of aryl methyl sites for hydroxylation is 1. The molecular weight excluding hydrogens is 338 g/mol. The summed E-state index contributed by atoms with van der Waals surface area (Å²) in [6.45, 7) is 2.51. The Morgan fingerprint density at radius 2 is 2.04 bits per heavy atom. The molecule has 2 aromatic heterocycles. The number of rotatable bonds is 6. The average Bonchev–Trinajstić information content (AvgIpc) is 3.24. The fraction of sp³-hybridized carbons (Fsp3) is 0.211. The number of carbonyl (C=O) groups excluding carboxylic acids is 1. The van der Waals surface area contributed by atoms with Crippen LogP contribution in [-0.4, -0.2) is 11.0 Å². The van der Waals surface area contributed by atoms with Crippen LogP contribution in [0.4, 0.5) is 0 Å². The number of amides is 1. The first-order valence-electron chi connectivity index (χ1n) is 7.74. The SMILES string of the molecule is Cc1cccc(CC(=O)NCc2ccc(C(O)c3cccs3)s2)c1. The number of thiophene rings is 2. The molecule has 0 fully saturated rings. The minimum atomic E-state index is -0.577. The van der Waals surface area contributed by atoms with Crippen molar-refractivity contribution in [1.82, 2.24) is 5.32 Å². The lowest BCUT2D eigenvalue weighted by Gasteiger charge is -2.06. The molecule has 3 rings (SSSR count). The van der Waals surface area contributed by atoms with E-state index in [-0.39, 0.29) is 5.91 Å². The summed E-state index contributed by atoms with van der Waals surface area (Å²) in [5.41, 5.74) is 2.18. The van der Waals surface area contributed by atoms with Crippen molar-refractivity contribution in [2.75, 3.05) is 0 Å². The molecule has 0 aliphatic rings. The van der Waals surface area contributed by atoms with Crippen molar-refractivity contribution in [2.24, 2.45) is 0 Å². The van der Waals surface area contributed by atoms with Gasteiger partial charge in [0.2, 0.25) is 5.91 Å². The van der Waals surface area contributed by atoms with E-state index in [2.05, 4.69) is 5.32 Å². The number of benzene rings is 1. The summed E-state index contributed by atoms with van der Waals surface area (Å²) in [7, 11) is 0. The fourth-order valence-corrected chi connectivity index (χ4v) is 4.24. The third-order valence-corrected chi connectivity index (χ3v) is 5.73. The van der Waals surface area contributed by atoms with Crippen LogP contribution in [0.5, 0.6) is 0 Å². The second-order valence-corrected chi connectivity index (χ2v) is 7.84. The van der Waals surface area contributed by atoms with Crippen LogP contribution in [0.3, 0.4) is 0 Å². The molecule has 0 radical (unpaired) electrons. The number of aliphatic hydroxyl groups excluding tert-OH is 1. The topological polar surface area (TPSA) is 49.3 Å². The number of aliphatic hydroxyl groups is 1. The maximum Gasteiger partial charge on any atom is 0.224 e. The largest absolute Gasteiger partial charge is 0.382 e. The van der Waals surface area contributed by atoms with Gasteiger partial charge in [-0.1, -0.05) is 35.9 Å². The van der Waals surface area contributed by atoms with Crippen LogP contribution in [0.25, 0.3) is 0 Å². The Bertz CT molecular complexity index is 808. The summed E-state index contributed by atoms with van der Waals surface area (Å²) in [4.78, 5) is 15.0. The van der Waals surface area contributed by atoms with Gasteiger partial charge in [0.1, 0.15) is 6.10 Å². The molecule has 2 N–H and O–H groups in total. The van der Waals surface area contributed by atoms with Gasteiger partial charge < -0.3 is 10.4 Å². The highest BCUT2D eigenvalue weighted by Gasteiger charge is 2.14. The number of hydrogen-bond acceptors (Lipinski definition) is 4. The van der Waals surface area contributed by atoms with Crippen molar-refractivity contribution in [3.05, 3.63) is 79.7 Å². The van der Waals surface area contributed by atoms with Crippen LogP contribution in [0.15, 0.2) is 53.9 Å². The van der Waals surface area contributed by atoms with Gasteiger partial charge in [-0.25, -0.2) is 0 Å². The van der Waals surface area contributed by atoms with Crippen molar-refractivity contribution in [2.45, 2.75) is 26.0 Å². The molecule has 1 aromatic carbocycles. The summed E-state index contributed by atoms with van der Waals surface area (Å²) >= 11 is 3.07. The molecular formula is C19H19NO2S2. The second kappa shape index (κ2) is 7.75. The monoisotopic (exact) mass is 357 g/mol. The van der Waals surface area contributed by atoms with Gasteiger partial charge in [0, 0.05) is 14.6 Å². The Kier molecular flexibility index (Phi) is 5.45. The van der Waals surface area contributed by atoms with Crippen molar-refractivity contribution in [3.8, 4) is 0 Å². The first kappa shape index (κ1) is 16.9. The minimum Gasteiger partial charge on any atom is -0.382 e. The molecule has 24 heavy (non-hydrogen) atoms. The van der Waals surface area contributed by atoms with E-state index < -0.39 is 6.10 Å². The maximum atomic E-state index is 12.1. The quantitative estimate of drug-likeness (QED) is 0.699. The van der Waals surface area contributed by atoms with Gasteiger partial charge in [-0.05, 0) is 36.1 Å². The third kappa shape index (κ3) is 4.32. The van der Waals surface area contributed by atoms with Gasteiger partial charge in [-0.2, -0.15) is 0 Å². The molecule has 0 spiro atoms. The summed E-state index contributed by atoms with van der Waals surface area (Å²) in [6.07, 6.45) is -0.190. The van der Waals surface area contributed by atoms with Gasteiger partial charge in [-0.3, -0.25) is 4.79 Å². The number of carbonyl (C=O) groups is 1. The van der Waals surface area contributed by atoms with E-state index in [9.17, 15) is 9.90 Å². The Labute approximate surface area is 149 Å². The zero-order valence-electron chi connectivity index (χ0n) is 13.4.